The van der Waals surface area contributed by atoms with Crippen molar-refractivity contribution in [2.45, 2.75) is 24.2 Å². The van der Waals surface area contributed by atoms with Crippen LogP contribution in [0.2, 0.25) is 5.02 Å². The number of amides is 1. The lowest BCUT2D eigenvalue weighted by atomic mass is 10.2. The number of carbonyl (C=O) groups is 1. The number of unbranched alkanes of at least 4 members (excludes halogenated alkanes) is 1. The highest BCUT2D eigenvalue weighted by atomic mass is 79.9. The molecule has 1 amide bonds. The van der Waals surface area contributed by atoms with E-state index in [1.54, 1.807) is 0 Å². The van der Waals surface area contributed by atoms with E-state index >= 15 is 0 Å². The number of nitrogens with two attached hydrogens (primary N) is 1. The van der Waals surface area contributed by atoms with Crippen LogP contribution in [0, 0.1) is 0 Å². The van der Waals surface area contributed by atoms with Gasteiger partial charge in [-0.3, -0.25) is 4.79 Å². The van der Waals surface area contributed by atoms with Gasteiger partial charge in [-0.15, -0.1) is 0 Å². The molecule has 0 aliphatic carbocycles. The molecule has 0 unspecified atom stereocenters. The van der Waals surface area contributed by atoms with E-state index < -0.39 is 10.0 Å². The molecule has 19 heavy (non-hydrogen) atoms. The fourth-order valence-electron chi connectivity index (χ4n) is 1.37. The van der Waals surface area contributed by atoms with Crippen molar-refractivity contribution in [2.75, 3.05) is 10.6 Å². The third kappa shape index (κ3) is 5.48. The first-order valence-corrected chi connectivity index (χ1v) is 8.57. The zero-order valence-corrected chi connectivity index (χ0v) is 13.2. The zero-order chi connectivity index (χ0) is 14.5. The van der Waals surface area contributed by atoms with Gasteiger partial charge in [0.15, 0.2) is 0 Å². The topological polar surface area (TPSA) is 89.3 Å². The lowest BCUT2D eigenvalue weighted by Crippen LogP contribution is -2.15. The van der Waals surface area contributed by atoms with E-state index in [9.17, 15) is 13.2 Å². The standard InChI is InChI=1S/C11H14BrClN2O3S/c12-6-2-1-3-11(16)15-10-7-8(19(14,17)18)4-5-9(10)13/h4-5,7H,1-3,6H2,(H,15,16)(H2,14,17,18). The van der Waals surface area contributed by atoms with Crippen LogP contribution in [-0.2, 0) is 14.8 Å². The van der Waals surface area contributed by atoms with Gasteiger partial charge in [0.2, 0.25) is 15.9 Å². The molecule has 0 heterocycles. The number of sulfonamides is 1. The van der Waals surface area contributed by atoms with Crippen molar-refractivity contribution in [1.29, 1.82) is 0 Å². The highest BCUT2D eigenvalue weighted by Gasteiger charge is 2.12. The molecule has 5 nitrogen and oxygen atoms in total. The Balaban J connectivity index is 2.80. The molecule has 0 atom stereocenters. The number of nitrogens with one attached hydrogen (secondary N) is 1. The third-order valence-corrected chi connectivity index (χ3v) is 4.13. The van der Waals surface area contributed by atoms with Crippen LogP contribution in [0.1, 0.15) is 19.3 Å². The molecule has 0 saturated carbocycles. The molecule has 1 rings (SSSR count). The van der Waals surface area contributed by atoms with Crippen molar-refractivity contribution in [3.8, 4) is 0 Å². The van der Waals surface area contributed by atoms with Crippen LogP contribution < -0.4 is 10.5 Å². The molecule has 0 fully saturated rings. The van der Waals surface area contributed by atoms with Crippen LogP contribution in [0.25, 0.3) is 0 Å². The molecule has 1 aromatic carbocycles. The Bertz CT molecular complexity index is 563. The summed E-state index contributed by atoms with van der Waals surface area (Å²) in [6, 6.07) is 3.92. The lowest BCUT2D eigenvalue weighted by Gasteiger charge is -2.08. The normalized spacial score (nSPS) is 11.3. The summed E-state index contributed by atoms with van der Waals surface area (Å²) in [5, 5.41) is 8.69. The largest absolute Gasteiger partial charge is 0.325 e. The maximum absolute atomic E-state index is 11.6. The van der Waals surface area contributed by atoms with Crippen LogP contribution in [0.5, 0.6) is 0 Å². The number of hydrogen-bond acceptors (Lipinski definition) is 3. The van der Waals surface area contributed by atoms with Crippen molar-refractivity contribution < 1.29 is 13.2 Å². The molecule has 0 bridgehead atoms. The maximum Gasteiger partial charge on any atom is 0.238 e. The average molecular weight is 370 g/mol. The Morgan fingerprint density at radius 3 is 2.63 bits per heavy atom. The summed E-state index contributed by atoms with van der Waals surface area (Å²) >= 11 is 9.17. The molecule has 0 spiro atoms. The van der Waals surface area contributed by atoms with Gasteiger partial charge in [0.25, 0.3) is 0 Å². The zero-order valence-electron chi connectivity index (χ0n) is 10.0. The first-order valence-electron chi connectivity index (χ1n) is 5.53. The highest BCUT2D eigenvalue weighted by molar-refractivity contribution is 9.09. The van der Waals surface area contributed by atoms with Gasteiger partial charge in [-0.1, -0.05) is 27.5 Å². The number of halogens is 2. The molecule has 3 N–H and O–H groups in total. The van der Waals surface area contributed by atoms with Crippen LogP contribution in [0.15, 0.2) is 23.1 Å². The number of rotatable bonds is 6. The SMILES string of the molecule is NS(=O)(=O)c1ccc(Cl)c(NC(=O)CCCCBr)c1. The summed E-state index contributed by atoms with van der Waals surface area (Å²) in [4.78, 5) is 11.5. The molecule has 0 aliphatic heterocycles. The van der Waals surface area contributed by atoms with Crippen molar-refractivity contribution >= 4 is 49.1 Å². The summed E-state index contributed by atoms with van der Waals surface area (Å²) in [5.74, 6) is -0.214. The maximum atomic E-state index is 11.6. The lowest BCUT2D eigenvalue weighted by molar-refractivity contribution is -0.116. The van der Waals surface area contributed by atoms with Crippen molar-refractivity contribution in [3.63, 3.8) is 0 Å². The van der Waals surface area contributed by atoms with E-state index in [2.05, 4.69) is 21.2 Å². The summed E-state index contributed by atoms with van der Waals surface area (Å²) < 4.78 is 22.4. The number of carbonyl (C=O) groups excluding carboxylic acids is 1. The van der Waals surface area contributed by atoms with E-state index in [1.165, 1.54) is 18.2 Å². The van der Waals surface area contributed by atoms with E-state index in [0.29, 0.717) is 6.42 Å². The molecule has 0 aliphatic rings. The molecule has 8 heteroatoms. The molecular formula is C11H14BrClN2O3S. The van der Waals surface area contributed by atoms with Crippen LogP contribution in [-0.4, -0.2) is 19.7 Å². The Morgan fingerprint density at radius 1 is 1.37 bits per heavy atom. The van der Waals surface area contributed by atoms with E-state index in [0.717, 1.165) is 18.2 Å². The molecule has 0 radical (unpaired) electrons. The van der Waals surface area contributed by atoms with Gasteiger partial charge < -0.3 is 5.32 Å². The second-order valence-electron chi connectivity index (χ2n) is 3.88. The summed E-state index contributed by atoms with van der Waals surface area (Å²) in [6.07, 6.45) is 1.98. The van der Waals surface area contributed by atoms with Gasteiger partial charge in [0.05, 0.1) is 15.6 Å². The predicted octanol–water partition coefficient (Wildman–Crippen LogP) is 2.49. The van der Waals surface area contributed by atoms with Gasteiger partial charge in [0.1, 0.15) is 0 Å². The van der Waals surface area contributed by atoms with Crippen molar-refractivity contribution in [1.82, 2.24) is 0 Å². The van der Waals surface area contributed by atoms with E-state index in [1.807, 2.05) is 0 Å². The second-order valence-corrected chi connectivity index (χ2v) is 6.64. The highest BCUT2D eigenvalue weighted by Crippen LogP contribution is 2.25. The molecule has 0 saturated heterocycles. The number of anilines is 1. The number of benzene rings is 1. The summed E-state index contributed by atoms with van der Waals surface area (Å²) in [6.45, 7) is 0. The molecule has 0 aromatic heterocycles. The number of alkyl halides is 1. The monoisotopic (exact) mass is 368 g/mol. The van der Waals surface area contributed by atoms with Crippen molar-refractivity contribution in [2.24, 2.45) is 5.14 Å². The predicted molar refractivity (Wildman–Crippen MR) is 79.1 cm³/mol. The third-order valence-electron chi connectivity index (χ3n) is 2.33. The van der Waals surface area contributed by atoms with Crippen LogP contribution in [0.3, 0.4) is 0 Å². The van der Waals surface area contributed by atoms with Gasteiger partial charge in [0, 0.05) is 11.8 Å². The van der Waals surface area contributed by atoms with E-state index in [-0.39, 0.29) is 21.5 Å². The molecule has 106 valence electrons. The van der Waals surface area contributed by atoms with Gasteiger partial charge in [-0.2, -0.15) is 0 Å². The number of primary sulfonamides is 1. The second kappa shape index (κ2) is 7.23. The first-order chi connectivity index (χ1) is 8.84. The first kappa shape index (κ1) is 16.4. The summed E-state index contributed by atoms with van der Waals surface area (Å²) in [5.41, 5.74) is 0.247. The van der Waals surface area contributed by atoms with Gasteiger partial charge in [-0.25, -0.2) is 13.6 Å². The summed E-state index contributed by atoms with van der Waals surface area (Å²) in [7, 11) is -3.81. The quantitative estimate of drug-likeness (QED) is 0.596. The van der Waals surface area contributed by atoms with Crippen LogP contribution in [0.4, 0.5) is 5.69 Å². The van der Waals surface area contributed by atoms with Crippen LogP contribution >= 0.6 is 27.5 Å². The minimum Gasteiger partial charge on any atom is -0.325 e. The fraction of sp³-hybridized carbons (Fsp3) is 0.364. The number of hydrogen-bond donors (Lipinski definition) is 2. The Kier molecular flexibility index (Phi) is 6.25. The average Bonchev–Trinajstić information content (AvgIpc) is 2.31. The van der Waals surface area contributed by atoms with Crippen molar-refractivity contribution in [3.05, 3.63) is 23.2 Å². The minimum atomic E-state index is -3.81. The smallest absolute Gasteiger partial charge is 0.238 e. The fourth-order valence-corrected chi connectivity index (χ4v) is 2.47. The minimum absolute atomic E-state index is 0.0901. The Hall–Kier alpha value is -0.630. The molecule has 1 aromatic rings. The van der Waals surface area contributed by atoms with E-state index in [4.69, 9.17) is 16.7 Å². The van der Waals surface area contributed by atoms with Gasteiger partial charge in [-0.05, 0) is 31.0 Å². The Labute approximate surface area is 125 Å². The van der Waals surface area contributed by atoms with Gasteiger partial charge >= 0.3 is 0 Å². The molecular weight excluding hydrogens is 356 g/mol. The Morgan fingerprint density at radius 2 is 2.05 bits per heavy atom.